The van der Waals surface area contributed by atoms with Crippen LogP contribution in [0.2, 0.25) is 0 Å². The van der Waals surface area contributed by atoms with Crippen LogP contribution in [0.25, 0.3) is 11.3 Å². The summed E-state index contributed by atoms with van der Waals surface area (Å²) in [7, 11) is 0. The zero-order valence-corrected chi connectivity index (χ0v) is 23.2. The van der Waals surface area contributed by atoms with Gasteiger partial charge in [0.15, 0.2) is 5.82 Å². The maximum absolute atomic E-state index is 14.3. The first-order valence-corrected chi connectivity index (χ1v) is 15.4. The third kappa shape index (κ3) is 4.02. The van der Waals surface area contributed by atoms with Gasteiger partial charge in [-0.05, 0) is 88.2 Å². The van der Waals surface area contributed by atoms with Gasteiger partial charge in [-0.25, -0.2) is 4.39 Å². The smallest absolute Gasteiger partial charge is 0.258 e. The van der Waals surface area contributed by atoms with Crippen LogP contribution < -0.4 is 4.90 Å². The molecule has 41 heavy (non-hydrogen) atoms. The summed E-state index contributed by atoms with van der Waals surface area (Å²) >= 11 is 0. The number of rotatable bonds is 9. The van der Waals surface area contributed by atoms with Gasteiger partial charge in [0, 0.05) is 47.5 Å². The minimum Gasteiger partial charge on any atom is -0.364 e. The van der Waals surface area contributed by atoms with Crippen LogP contribution >= 0.6 is 0 Å². The lowest BCUT2D eigenvalue weighted by atomic mass is 9.41. The van der Waals surface area contributed by atoms with Gasteiger partial charge in [-0.2, -0.15) is 4.98 Å². The third-order valence-electron chi connectivity index (χ3n) is 10.9. The van der Waals surface area contributed by atoms with E-state index in [1.165, 1.54) is 0 Å². The second kappa shape index (κ2) is 8.27. The van der Waals surface area contributed by atoms with E-state index in [1.807, 2.05) is 29.2 Å². The summed E-state index contributed by atoms with van der Waals surface area (Å²) in [6.45, 7) is 1.12. The van der Waals surface area contributed by atoms with Gasteiger partial charge < -0.3 is 18.7 Å². The van der Waals surface area contributed by atoms with Gasteiger partial charge in [0.2, 0.25) is 5.91 Å². The molecule has 1 aromatic carbocycles. The molecule has 1 amide bonds. The molecule has 8 fully saturated rings. The monoisotopic (exact) mass is 558 g/mol. The summed E-state index contributed by atoms with van der Waals surface area (Å²) in [4.78, 5) is 20.7. The molecule has 11 rings (SSSR count). The van der Waals surface area contributed by atoms with E-state index >= 15 is 0 Å². The molecule has 0 radical (unpaired) electrons. The molecular formula is C32H35FN4O4. The SMILES string of the molecule is O=C(CC12CC(F)(C1)C2)N(CC12CCC(c3nc(C4CC4)no3)(CC1)OC2)c1cccc(-c2cc(C3CC3)on2)c1. The Kier molecular flexibility index (Phi) is 4.95. The molecule has 2 aliphatic heterocycles. The largest absolute Gasteiger partial charge is 0.364 e. The summed E-state index contributed by atoms with van der Waals surface area (Å²) in [5.74, 6) is 3.38. The minimum absolute atomic E-state index is 0.0745. The molecule has 8 aliphatic rings. The highest BCUT2D eigenvalue weighted by molar-refractivity contribution is 5.95. The number of ether oxygens (including phenoxy) is 1. The first-order chi connectivity index (χ1) is 19.8. The van der Waals surface area contributed by atoms with Crippen molar-refractivity contribution in [2.45, 2.75) is 100 Å². The fourth-order valence-electron chi connectivity index (χ4n) is 8.11. The van der Waals surface area contributed by atoms with Crippen molar-refractivity contribution in [3.8, 4) is 11.3 Å². The van der Waals surface area contributed by atoms with Crippen LogP contribution in [0.4, 0.5) is 10.1 Å². The first-order valence-electron chi connectivity index (χ1n) is 15.4. The highest BCUT2D eigenvalue weighted by Gasteiger charge is 2.69. The Morgan fingerprint density at radius 1 is 0.951 bits per heavy atom. The molecular weight excluding hydrogens is 523 g/mol. The van der Waals surface area contributed by atoms with E-state index in [0.29, 0.717) is 56.6 Å². The second-order valence-electron chi connectivity index (χ2n) is 14.3. The molecule has 6 saturated carbocycles. The standard InChI is InChI=1S/C32H35FN4O4/c33-31-15-30(16-31,17-31)14-26(38)37(23-3-1-2-22(12-23)24-13-25(40-35-24)20-4-5-20)18-29-8-10-32(11-9-29,39-19-29)28-34-27(36-41-28)21-6-7-21/h1-3,12-13,20-21H,4-11,14-19H2. The number of halogens is 1. The zero-order valence-electron chi connectivity index (χ0n) is 23.2. The van der Waals surface area contributed by atoms with E-state index in [-0.39, 0.29) is 16.7 Å². The van der Waals surface area contributed by atoms with Crippen molar-refractivity contribution < 1.29 is 23.0 Å². The van der Waals surface area contributed by atoms with E-state index in [9.17, 15) is 9.18 Å². The van der Waals surface area contributed by atoms with Gasteiger partial charge in [-0.3, -0.25) is 4.79 Å². The Morgan fingerprint density at radius 2 is 1.73 bits per heavy atom. The first kappa shape index (κ1) is 24.5. The number of amides is 1. The molecule has 3 aromatic rings. The average Bonchev–Trinajstić information content (AvgIpc) is 3.90. The summed E-state index contributed by atoms with van der Waals surface area (Å²) in [6.07, 6.45) is 9.97. The molecule has 0 spiro atoms. The highest BCUT2D eigenvalue weighted by Crippen LogP contribution is 2.71. The fourth-order valence-corrected chi connectivity index (χ4v) is 8.11. The van der Waals surface area contributed by atoms with Crippen molar-refractivity contribution in [2.75, 3.05) is 18.1 Å². The molecule has 214 valence electrons. The quantitative estimate of drug-likeness (QED) is 0.293. The van der Waals surface area contributed by atoms with Crippen molar-refractivity contribution in [2.24, 2.45) is 10.8 Å². The number of fused-ring (bicyclic) bond motifs is 3. The summed E-state index contributed by atoms with van der Waals surface area (Å²) in [5, 5.41) is 8.57. The molecule has 0 unspecified atom stereocenters. The van der Waals surface area contributed by atoms with Crippen LogP contribution in [0, 0.1) is 10.8 Å². The van der Waals surface area contributed by atoms with Crippen molar-refractivity contribution in [1.29, 1.82) is 0 Å². The third-order valence-corrected chi connectivity index (χ3v) is 10.9. The predicted octanol–water partition coefficient (Wildman–Crippen LogP) is 6.58. The van der Waals surface area contributed by atoms with Crippen molar-refractivity contribution >= 4 is 11.6 Å². The lowest BCUT2D eigenvalue weighted by molar-refractivity contribution is -0.215. The van der Waals surface area contributed by atoms with E-state index in [2.05, 4.69) is 16.4 Å². The van der Waals surface area contributed by atoms with Crippen LogP contribution in [0.5, 0.6) is 0 Å². The van der Waals surface area contributed by atoms with Gasteiger partial charge in [-0.1, -0.05) is 22.4 Å². The predicted molar refractivity (Wildman–Crippen MR) is 146 cm³/mol. The Hall–Kier alpha value is -3.07. The number of carbonyl (C=O) groups is 1. The van der Waals surface area contributed by atoms with Crippen molar-refractivity contribution in [1.82, 2.24) is 15.3 Å². The van der Waals surface area contributed by atoms with Crippen LogP contribution in [-0.4, -0.2) is 40.0 Å². The van der Waals surface area contributed by atoms with E-state index in [1.54, 1.807) is 0 Å². The Balaban J connectivity index is 0.979. The molecule has 9 heteroatoms. The fraction of sp³-hybridized carbons (Fsp3) is 0.625. The lowest BCUT2D eigenvalue weighted by Gasteiger charge is -2.66. The number of anilines is 1. The summed E-state index contributed by atoms with van der Waals surface area (Å²) < 4.78 is 32.2. The number of carbonyl (C=O) groups excluding carboxylic acids is 1. The Bertz CT molecular complexity index is 1490. The second-order valence-corrected chi connectivity index (χ2v) is 14.3. The molecule has 2 aromatic heterocycles. The average molecular weight is 559 g/mol. The maximum atomic E-state index is 14.3. The molecule has 0 N–H and O–H groups in total. The normalized spacial score (nSPS) is 35.1. The number of nitrogens with zero attached hydrogens (tertiary/aromatic N) is 4. The molecule has 6 aliphatic carbocycles. The Morgan fingerprint density at radius 3 is 2.41 bits per heavy atom. The number of alkyl halides is 1. The molecule has 4 bridgehead atoms. The van der Waals surface area contributed by atoms with Gasteiger partial charge in [-0.15, -0.1) is 0 Å². The van der Waals surface area contributed by atoms with Gasteiger partial charge in [0.1, 0.15) is 22.7 Å². The minimum atomic E-state index is -1.02. The van der Waals surface area contributed by atoms with E-state index in [4.69, 9.17) is 18.8 Å². The molecule has 0 atom stereocenters. The lowest BCUT2D eigenvalue weighted by Crippen LogP contribution is -2.65. The molecule has 8 nitrogen and oxygen atoms in total. The summed E-state index contributed by atoms with van der Waals surface area (Å²) in [6, 6.07) is 10.1. The highest BCUT2D eigenvalue weighted by atomic mass is 19.1. The van der Waals surface area contributed by atoms with E-state index < -0.39 is 11.3 Å². The van der Waals surface area contributed by atoms with Crippen molar-refractivity contribution in [3.05, 3.63) is 47.8 Å². The van der Waals surface area contributed by atoms with Crippen LogP contribution in [0.15, 0.2) is 39.4 Å². The number of aromatic nitrogens is 3. The number of hydrogen-bond acceptors (Lipinski definition) is 7. The topological polar surface area (TPSA) is 94.5 Å². The van der Waals surface area contributed by atoms with E-state index in [0.717, 1.165) is 79.9 Å². The molecule has 2 saturated heterocycles. The van der Waals surface area contributed by atoms with Gasteiger partial charge in [0.05, 0.1) is 6.61 Å². The van der Waals surface area contributed by atoms with Crippen LogP contribution in [0.1, 0.15) is 106 Å². The van der Waals surface area contributed by atoms with Crippen LogP contribution in [0.3, 0.4) is 0 Å². The zero-order chi connectivity index (χ0) is 27.5. The van der Waals surface area contributed by atoms with Gasteiger partial charge in [0.25, 0.3) is 5.89 Å². The van der Waals surface area contributed by atoms with Crippen LogP contribution in [-0.2, 0) is 15.1 Å². The van der Waals surface area contributed by atoms with Crippen molar-refractivity contribution in [3.63, 3.8) is 0 Å². The molecule has 4 heterocycles. The summed E-state index contributed by atoms with van der Waals surface area (Å²) in [5.41, 5.74) is 0.747. The number of benzene rings is 1. The maximum Gasteiger partial charge on any atom is 0.258 e. The number of hydrogen-bond donors (Lipinski definition) is 0. The Labute approximate surface area is 238 Å². The van der Waals surface area contributed by atoms with Gasteiger partial charge >= 0.3 is 0 Å².